The first kappa shape index (κ1) is 24.7. The van der Waals surface area contributed by atoms with Crippen LogP contribution in [0.5, 0.6) is 11.5 Å². The topological polar surface area (TPSA) is 102 Å². The van der Waals surface area contributed by atoms with Gasteiger partial charge in [-0.1, -0.05) is 12.1 Å². The fraction of sp³-hybridized carbons (Fsp3) is 0.444. The van der Waals surface area contributed by atoms with Gasteiger partial charge in [0.15, 0.2) is 17.5 Å². The van der Waals surface area contributed by atoms with Crippen molar-refractivity contribution in [2.45, 2.75) is 45.2 Å². The number of nitrogens with zero attached hydrogens (tertiary/aromatic N) is 3. The molecule has 0 spiro atoms. The minimum atomic E-state index is -0.289. The Labute approximate surface area is 207 Å². The Hall–Kier alpha value is -3.39. The quantitative estimate of drug-likeness (QED) is 0.492. The molecule has 0 aliphatic carbocycles. The van der Waals surface area contributed by atoms with Crippen LogP contribution in [-0.4, -0.2) is 68.4 Å². The van der Waals surface area contributed by atoms with Gasteiger partial charge in [-0.25, -0.2) is 0 Å². The van der Waals surface area contributed by atoms with Gasteiger partial charge in [-0.15, -0.1) is 0 Å². The van der Waals surface area contributed by atoms with Gasteiger partial charge in [0.2, 0.25) is 0 Å². The molecule has 8 nitrogen and oxygen atoms in total. The van der Waals surface area contributed by atoms with E-state index in [1.54, 1.807) is 19.2 Å². The summed E-state index contributed by atoms with van der Waals surface area (Å²) in [5, 5.41) is 2.64. The zero-order chi connectivity index (χ0) is 25.1. The van der Waals surface area contributed by atoms with Gasteiger partial charge in [0.1, 0.15) is 0 Å². The van der Waals surface area contributed by atoms with E-state index in [1.807, 2.05) is 39.0 Å². The SMILES string of the molecule is CCOc1cc2c(cc1OC)C(c1ccc(C(=O)NC(N)=NC(C)C)cc1)=NC1CCN(C)CC21. The summed E-state index contributed by atoms with van der Waals surface area (Å²) in [4.78, 5) is 24.3. The molecule has 0 aromatic heterocycles. The highest BCUT2D eigenvalue weighted by molar-refractivity contribution is 6.15. The second-order valence-corrected chi connectivity index (χ2v) is 9.37. The van der Waals surface area contributed by atoms with Gasteiger partial charge in [-0.05, 0) is 70.6 Å². The maximum Gasteiger partial charge on any atom is 0.257 e. The average Bonchev–Trinajstić information content (AvgIpc) is 2.83. The molecule has 4 rings (SSSR count). The Bertz CT molecular complexity index is 1140. The number of nitrogens with two attached hydrogens (primary N) is 1. The smallest absolute Gasteiger partial charge is 0.257 e. The Balaban J connectivity index is 1.70. The largest absolute Gasteiger partial charge is 0.493 e. The monoisotopic (exact) mass is 477 g/mol. The molecule has 2 aliphatic rings. The van der Waals surface area contributed by atoms with Crippen molar-refractivity contribution in [3.8, 4) is 11.5 Å². The first-order valence-corrected chi connectivity index (χ1v) is 12.2. The van der Waals surface area contributed by atoms with Gasteiger partial charge in [-0.2, -0.15) is 0 Å². The Morgan fingerprint density at radius 2 is 2.00 bits per heavy atom. The third-order valence-electron chi connectivity index (χ3n) is 6.42. The second kappa shape index (κ2) is 10.5. The second-order valence-electron chi connectivity index (χ2n) is 9.37. The number of ether oxygens (including phenoxy) is 2. The highest BCUT2D eigenvalue weighted by atomic mass is 16.5. The van der Waals surface area contributed by atoms with Crippen molar-refractivity contribution in [3.63, 3.8) is 0 Å². The summed E-state index contributed by atoms with van der Waals surface area (Å²) >= 11 is 0. The molecular formula is C27H35N5O3. The molecule has 0 radical (unpaired) electrons. The fourth-order valence-corrected chi connectivity index (χ4v) is 4.82. The van der Waals surface area contributed by atoms with Gasteiger partial charge in [0, 0.05) is 35.2 Å². The standard InChI is InChI=1S/C27H35N5O3/c1-6-35-24-13-19-20(14-23(24)34-5)25(30-22-11-12-32(4)15-21(19)22)17-7-9-18(10-8-17)26(33)31-27(28)29-16(2)3/h7-10,13-14,16,21-22H,6,11-12,15H2,1-5H3,(H3,28,29,31,33). The van der Waals surface area contributed by atoms with Crippen LogP contribution in [0.1, 0.15) is 60.2 Å². The molecule has 1 saturated heterocycles. The van der Waals surface area contributed by atoms with E-state index in [-0.39, 0.29) is 24.0 Å². The molecule has 0 saturated carbocycles. The van der Waals surface area contributed by atoms with Gasteiger partial charge < -0.3 is 20.1 Å². The van der Waals surface area contributed by atoms with Crippen molar-refractivity contribution >= 4 is 17.6 Å². The van der Waals surface area contributed by atoms with E-state index in [0.29, 0.717) is 23.8 Å². The van der Waals surface area contributed by atoms with Crippen molar-refractivity contribution in [1.29, 1.82) is 0 Å². The molecule has 35 heavy (non-hydrogen) atoms. The minimum absolute atomic E-state index is 0.00527. The molecule has 2 aromatic rings. The predicted molar refractivity (Wildman–Crippen MR) is 139 cm³/mol. The van der Waals surface area contributed by atoms with E-state index in [0.717, 1.165) is 42.1 Å². The highest BCUT2D eigenvalue weighted by Crippen LogP contribution is 2.42. The molecule has 3 N–H and O–H groups in total. The van der Waals surface area contributed by atoms with Crippen molar-refractivity contribution < 1.29 is 14.3 Å². The number of piperidine rings is 1. The van der Waals surface area contributed by atoms with Crippen molar-refractivity contribution in [1.82, 2.24) is 10.2 Å². The van der Waals surface area contributed by atoms with Crippen LogP contribution < -0.4 is 20.5 Å². The van der Waals surface area contributed by atoms with E-state index in [4.69, 9.17) is 20.2 Å². The van der Waals surface area contributed by atoms with Gasteiger partial charge in [-0.3, -0.25) is 20.1 Å². The minimum Gasteiger partial charge on any atom is -0.493 e. The number of nitrogens with one attached hydrogen (secondary N) is 1. The van der Waals surface area contributed by atoms with Gasteiger partial charge in [0.05, 0.1) is 25.5 Å². The fourth-order valence-electron chi connectivity index (χ4n) is 4.82. The summed E-state index contributed by atoms with van der Waals surface area (Å²) in [7, 11) is 3.81. The number of carbonyl (C=O) groups excluding carboxylic acids is 1. The molecule has 2 heterocycles. The Morgan fingerprint density at radius 1 is 1.26 bits per heavy atom. The number of likely N-dealkylation sites (N-methyl/N-ethyl adjacent to an activating group) is 1. The zero-order valence-electron chi connectivity index (χ0n) is 21.2. The zero-order valence-corrected chi connectivity index (χ0v) is 21.2. The number of benzene rings is 2. The Kier molecular flexibility index (Phi) is 7.40. The van der Waals surface area contributed by atoms with E-state index in [9.17, 15) is 4.79 Å². The van der Waals surface area contributed by atoms with Crippen LogP contribution in [0.4, 0.5) is 0 Å². The van der Waals surface area contributed by atoms with E-state index < -0.39 is 0 Å². The first-order chi connectivity index (χ1) is 16.8. The van der Waals surface area contributed by atoms with Crippen molar-refractivity contribution in [2.24, 2.45) is 15.7 Å². The lowest BCUT2D eigenvalue weighted by molar-refractivity contribution is 0.0976. The molecule has 2 aliphatic heterocycles. The summed E-state index contributed by atoms with van der Waals surface area (Å²) in [5.74, 6) is 1.57. The van der Waals surface area contributed by atoms with Gasteiger partial charge >= 0.3 is 0 Å². The average molecular weight is 478 g/mol. The summed E-state index contributed by atoms with van der Waals surface area (Å²) in [6.07, 6.45) is 0.995. The lowest BCUT2D eigenvalue weighted by atomic mass is 9.79. The molecule has 186 valence electrons. The van der Waals surface area contributed by atoms with Crippen LogP contribution in [0.15, 0.2) is 46.4 Å². The van der Waals surface area contributed by atoms with E-state index in [1.165, 1.54) is 5.56 Å². The van der Waals surface area contributed by atoms with Crippen LogP contribution in [0.2, 0.25) is 0 Å². The summed E-state index contributed by atoms with van der Waals surface area (Å²) in [6, 6.07) is 11.8. The lowest BCUT2D eigenvalue weighted by Crippen LogP contribution is -2.41. The maximum absolute atomic E-state index is 12.6. The molecule has 2 aromatic carbocycles. The first-order valence-electron chi connectivity index (χ1n) is 12.2. The summed E-state index contributed by atoms with van der Waals surface area (Å²) in [5.41, 5.74) is 10.5. The molecule has 0 bridgehead atoms. The van der Waals surface area contributed by atoms with E-state index >= 15 is 0 Å². The lowest BCUT2D eigenvalue weighted by Gasteiger charge is -2.39. The van der Waals surface area contributed by atoms with E-state index in [2.05, 4.69) is 28.3 Å². The molecule has 1 fully saturated rings. The normalized spacial score (nSPS) is 20.1. The van der Waals surface area contributed by atoms with Crippen LogP contribution in [-0.2, 0) is 0 Å². The van der Waals surface area contributed by atoms with Crippen molar-refractivity contribution in [3.05, 3.63) is 58.7 Å². The maximum atomic E-state index is 12.6. The van der Waals surface area contributed by atoms with Gasteiger partial charge in [0.25, 0.3) is 5.91 Å². The third-order valence-corrected chi connectivity index (χ3v) is 6.42. The van der Waals surface area contributed by atoms with Crippen LogP contribution >= 0.6 is 0 Å². The number of likely N-dealkylation sites (tertiary alicyclic amines) is 1. The number of guanidine groups is 1. The van der Waals surface area contributed by atoms with Crippen LogP contribution in [0.25, 0.3) is 0 Å². The summed E-state index contributed by atoms with van der Waals surface area (Å²) in [6.45, 7) is 8.31. The summed E-state index contributed by atoms with van der Waals surface area (Å²) < 4.78 is 11.6. The third kappa shape index (κ3) is 5.32. The number of aliphatic imine (C=N–C) groups is 2. The van der Waals surface area contributed by atoms with Crippen molar-refractivity contribution in [2.75, 3.05) is 33.9 Å². The predicted octanol–water partition coefficient (Wildman–Crippen LogP) is 3.19. The molecule has 8 heteroatoms. The molecule has 2 atom stereocenters. The number of rotatable bonds is 6. The molecule has 2 unspecified atom stereocenters. The van der Waals surface area contributed by atoms with Crippen LogP contribution in [0.3, 0.4) is 0 Å². The number of methoxy groups -OCH3 is 1. The number of hydrogen-bond acceptors (Lipinski definition) is 6. The Morgan fingerprint density at radius 3 is 2.66 bits per heavy atom. The number of amides is 1. The number of carbonyl (C=O) groups is 1. The molecular weight excluding hydrogens is 442 g/mol. The number of hydrogen-bond donors (Lipinski definition) is 2. The van der Waals surface area contributed by atoms with Crippen LogP contribution in [0, 0.1) is 0 Å². The molecule has 1 amide bonds. The highest BCUT2D eigenvalue weighted by Gasteiger charge is 2.36. The number of fused-ring (bicyclic) bond motifs is 3.